The molecule has 6 heteroatoms. The first kappa shape index (κ1) is 15.5. The van der Waals surface area contributed by atoms with Crippen LogP contribution in [0.1, 0.15) is 24.9 Å². The van der Waals surface area contributed by atoms with E-state index in [1.807, 2.05) is 6.92 Å². The van der Waals surface area contributed by atoms with Gasteiger partial charge >= 0.3 is 5.97 Å². The zero-order valence-corrected chi connectivity index (χ0v) is 11.3. The van der Waals surface area contributed by atoms with Gasteiger partial charge in [0.1, 0.15) is 0 Å². The van der Waals surface area contributed by atoms with E-state index in [1.165, 1.54) is 0 Å². The monoisotopic (exact) mass is 285 g/mol. The Balaban J connectivity index is 2.72. The molecule has 1 aromatic carbocycles. The van der Waals surface area contributed by atoms with Gasteiger partial charge < -0.3 is 15.2 Å². The van der Waals surface area contributed by atoms with Crippen molar-refractivity contribution in [3.63, 3.8) is 0 Å². The number of nitrogens with one attached hydrogen (secondary N) is 1. The van der Waals surface area contributed by atoms with E-state index in [1.54, 1.807) is 24.3 Å². The molecule has 0 bridgehead atoms. The Bertz CT molecular complexity index is 450. The van der Waals surface area contributed by atoms with E-state index < -0.39 is 12.0 Å². The third-order valence-electron chi connectivity index (χ3n) is 2.45. The summed E-state index contributed by atoms with van der Waals surface area (Å²) >= 11 is 5.93. The number of carbonyl (C=O) groups excluding carboxylic acids is 1. The molecule has 0 saturated carbocycles. The number of halogens is 1. The summed E-state index contributed by atoms with van der Waals surface area (Å²) in [7, 11) is 0. The van der Waals surface area contributed by atoms with E-state index in [9.17, 15) is 9.59 Å². The van der Waals surface area contributed by atoms with E-state index >= 15 is 0 Å². The number of amides is 1. The molecule has 1 amide bonds. The van der Waals surface area contributed by atoms with E-state index in [0.29, 0.717) is 17.2 Å². The summed E-state index contributed by atoms with van der Waals surface area (Å²) in [5, 5.41) is 11.9. The van der Waals surface area contributed by atoms with Crippen molar-refractivity contribution in [1.29, 1.82) is 0 Å². The number of benzene rings is 1. The fraction of sp³-hybridized carbons (Fsp3) is 0.385. The minimum atomic E-state index is -1.15. The Hall–Kier alpha value is -1.59. The van der Waals surface area contributed by atoms with Gasteiger partial charge in [-0.1, -0.05) is 29.8 Å². The van der Waals surface area contributed by atoms with Crippen LogP contribution in [0.5, 0.6) is 0 Å². The fourth-order valence-corrected chi connectivity index (χ4v) is 1.77. The molecule has 1 atom stereocenters. The molecule has 2 N–H and O–H groups in total. The molecule has 0 radical (unpaired) electrons. The Morgan fingerprint density at radius 3 is 2.68 bits per heavy atom. The van der Waals surface area contributed by atoms with Gasteiger partial charge in [0.05, 0.1) is 6.61 Å². The second-order valence-corrected chi connectivity index (χ2v) is 4.21. The van der Waals surface area contributed by atoms with E-state index in [-0.39, 0.29) is 18.9 Å². The molecule has 1 aromatic rings. The van der Waals surface area contributed by atoms with Crippen LogP contribution in [0.2, 0.25) is 5.02 Å². The SMILES string of the molecule is CCOCCC(=O)N[C@@H](C(=O)O)c1ccccc1Cl. The molecule has 0 aliphatic rings. The van der Waals surface area contributed by atoms with Crippen molar-refractivity contribution in [2.24, 2.45) is 0 Å². The summed E-state index contributed by atoms with van der Waals surface area (Å²) in [4.78, 5) is 22.8. The molecule has 0 spiro atoms. The van der Waals surface area contributed by atoms with Crippen molar-refractivity contribution < 1.29 is 19.4 Å². The van der Waals surface area contributed by atoms with E-state index in [4.69, 9.17) is 21.4 Å². The average molecular weight is 286 g/mol. The first-order chi connectivity index (χ1) is 9.06. The maximum Gasteiger partial charge on any atom is 0.330 e. The molecular weight excluding hydrogens is 270 g/mol. The van der Waals surface area contributed by atoms with Crippen LogP contribution in [0.3, 0.4) is 0 Å². The quantitative estimate of drug-likeness (QED) is 0.752. The highest BCUT2D eigenvalue weighted by Crippen LogP contribution is 2.22. The van der Waals surface area contributed by atoms with Gasteiger partial charge in [0, 0.05) is 23.6 Å². The second kappa shape index (κ2) is 7.76. The van der Waals surface area contributed by atoms with Crippen LogP contribution in [-0.2, 0) is 14.3 Å². The standard InChI is InChI=1S/C13H16ClNO4/c1-2-19-8-7-11(16)15-12(13(17)18)9-5-3-4-6-10(9)14/h3-6,12H,2,7-8H2,1H3,(H,15,16)(H,17,18)/t12-/m1/s1. The van der Waals surface area contributed by atoms with Crippen molar-refractivity contribution in [2.75, 3.05) is 13.2 Å². The van der Waals surface area contributed by atoms with Crippen LogP contribution in [-0.4, -0.2) is 30.2 Å². The molecular formula is C13H16ClNO4. The maximum absolute atomic E-state index is 11.6. The third-order valence-corrected chi connectivity index (χ3v) is 2.79. The number of carbonyl (C=O) groups is 2. The highest BCUT2D eigenvalue weighted by Gasteiger charge is 2.23. The zero-order valence-electron chi connectivity index (χ0n) is 10.6. The van der Waals surface area contributed by atoms with Gasteiger partial charge in [-0.3, -0.25) is 4.79 Å². The summed E-state index contributed by atoms with van der Waals surface area (Å²) in [6, 6.07) is 5.37. The smallest absolute Gasteiger partial charge is 0.330 e. The minimum Gasteiger partial charge on any atom is -0.479 e. The van der Waals surface area contributed by atoms with Crippen molar-refractivity contribution in [1.82, 2.24) is 5.32 Å². The Morgan fingerprint density at radius 2 is 2.11 bits per heavy atom. The summed E-state index contributed by atoms with van der Waals surface area (Å²) in [5.41, 5.74) is 0.362. The lowest BCUT2D eigenvalue weighted by Crippen LogP contribution is -2.34. The fourth-order valence-electron chi connectivity index (χ4n) is 1.52. The van der Waals surface area contributed by atoms with Gasteiger partial charge in [-0.05, 0) is 13.0 Å². The molecule has 104 valence electrons. The number of hydrogen-bond acceptors (Lipinski definition) is 3. The predicted molar refractivity (Wildman–Crippen MR) is 71.1 cm³/mol. The van der Waals surface area contributed by atoms with Gasteiger partial charge in [0.2, 0.25) is 5.91 Å². The van der Waals surface area contributed by atoms with Crippen LogP contribution in [0.25, 0.3) is 0 Å². The molecule has 0 saturated heterocycles. The lowest BCUT2D eigenvalue weighted by molar-refractivity contribution is -0.142. The maximum atomic E-state index is 11.6. The highest BCUT2D eigenvalue weighted by molar-refractivity contribution is 6.31. The number of hydrogen-bond donors (Lipinski definition) is 2. The Labute approximate surface area is 116 Å². The van der Waals surface area contributed by atoms with Crippen LogP contribution < -0.4 is 5.32 Å². The second-order valence-electron chi connectivity index (χ2n) is 3.81. The molecule has 0 aliphatic carbocycles. The molecule has 0 unspecified atom stereocenters. The van der Waals surface area contributed by atoms with E-state index in [2.05, 4.69) is 5.32 Å². The van der Waals surface area contributed by atoms with Gasteiger partial charge in [-0.2, -0.15) is 0 Å². The third kappa shape index (κ3) is 4.89. The molecule has 0 aliphatic heterocycles. The van der Waals surface area contributed by atoms with E-state index in [0.717, 1.165) is 0 Å². The molecule has 19 heavy (non-hydrogen) atoms. The van der Waals surface area contributed by atoms with Gasteiger partial charge in [0.25, 0.3) is 0 Å². The summed E-state index contributed by atoms with van der Waals surface area (Å²) < 4.78 is 5.04. The van der Waals surface area contributed by atoms with Crippen LogP contribution in [0, 0.1) is 0 Å². The topological polar surface area (TPSA) is 75.6 Å². The van der Waals surface area contributed by atoms with Crippen molar-refractivity contribution in [3.8, 4) is 0 Å². The zero-order chi connectivity index (χ0) is 14.3. The normalized spacial score (nSPS) is 11.9. The number of carboxylic acids is 1. The summed E-state index contributed by atoms with van der Waals surface area (Å²) in [5.74, 6) is -1.54. The van der Waals surface area contributed by atoms with Crippen LogP contribution in [0.15, 0.2) is 24.3 Å². The molecule has 5 nitrogen and oxygen atoms in total. The first-order valence-corrected chi connectivity index (χ1v) is 6.28. The summed E-state index contributed by atoms with van der Waals surface area (Å²) in [6.07, 6.45) is 0.113. The molecule has 0 heterocycles. The lowest BCUT2D eigenvalue weighted by Gasteiger charge is -2.16. The molecule has 0 aromatic heterocycles. The van der Waals surface area contributed by atoms with Gasteiger partial charge in [0.15, 0.2) is 6.04 Å². The first-order valence-electron chi connectivity index (χ1n) is 5.90. The largest absolute Gasteiger partial charge is 0.479 e. The highest BCUT2D eigenvalue weighted by atomic mass is 35.5. The van der Waals surface area contributed by atoms with Crippen LogP contribution in [0.4, 0.5) is 0 Å². The molecule has 0 fully saturated rings. The lowest BCUT2D eigenvalue weighted by atomic mass is 10.1. The van der Waals surface area contributed by atoms with Crippen LogP contribution >= 0.6 is 11.6 Å². The number of carboxylic acid groups (broad SMARTS) is 1. The predicted octanol–water partition coefficient (Wildman–Crippen LogP) is 2.01. The number of aliphatic carboxylic acids is 1. The van der Waals surface area contributed by atoms with Crippen molar-refractivity contribution in [3.05, 3.63) is 34.9 Å². The Kier molecular flexibility index (Phi) is 6.32. The van der Waals surface area contributed by atoms with Gasteiger partial charge in [-0.25, -0.2) is 4.79 Å². The summed E-state index contributed by atoms with van der Waals surface area (Å²) in [6.45, 7) is 2.60. The minimum absolute atomic E-state index is 0.113. The van der Waals surface area contributed by atoms with Crippen molar-refractivity contribution >= 4 is 23.5 Å². The van der Waals surface area contributed by atoms with Crippen molar-refractivity contribution in [2.45, 2.75) is 19.4 Å². The average Bonchev–Trinajstić information content (AvgIpc) is 2.37. The number of rotatable bonds is 7. The molecule has 1 rings (SSSR count). The van der Waals surface area contributed by atoms with Gasteiger partial charge in [-0.15, -0.1) is 0 Å². The Morgan fingerprint density at radius 1 is 1.42 bits per heavy atom. The number of ether oxygens (including phenoxy) is 1.